The molecule has 138 valence electrons. The molecule has 1 aromatic heterocycles. The standard InChI is InChI=1S/C19H22N2O4S/c1-19(20)9-11-21(12-10-19)17(22)14-7-8-16(25-14)26-15-6-4-3-5-13(15)18(23)24-2/h3-8H,9-12,20H2,1-2H3. The van der Waals surface area contributed by atoms with Gasteiger partial charge in [0.05, 0.1) is 12.7 Å². The highest BCUT2D eigenvalue weighted by Crippen LogP contribution is 2.32. The van der Waals surface area contributed by atoms with E-state index in [1.807, 2.05) is 19.1 Å². The zero-order valence-corrected chi connectivity index (χ0v) is 15.7. The predicted octanol–water partition coefficient (Wildman–Crippen LogP) is 3.17. The number of methoxy groups -OCH3 is 1. The third kappa shape index (κ3) is 4.11. The molecule has 0 atom stereocenters. The van der Waals surface area contributed by atoms with Crippen molar-refractivity contribution in [3.63, 3.8) is 0 Å². The Bertz CT molecular complexity index is 805. The van der Waals surface area contributed by atoms with Crippen LogP contribution in [0.4, 0.5) is 0 Å². The lowest BCUT2D eigenvalue weighted by Crippen LogP contribution is -2.49. The minimum Gasteiger partial charge on any atom is -0.465 e. The van der Waals surface area contributed by atoms with Crippen LogP contribution in [0.2, 0.25) is 0 Å². The average molecular weight is 374 g/mol. The van der Waals surface area contributed by atoms with E-state index < -0.39 is 5.97 Å². The topological polar surface area (TPSA) is 85.8 Å². The fourth-order valence-corrected chi connectivity index (χ4v) is 3.70. The summed E-state index contributed by atoms with van der Waals surface area (Å²) in [6.07, 6.45) is 1.54. The zero-order valence-electron chi connectivity index (χ0n) is 14.9. The number of nitrogens with zero attached hydrogens (tertiary/aromatic N) is 1. The number of hydrogen-bond donors (Lipinski definition) is 1. The van der Waals surface area contributed by atoms with Gasteiger partial charge in [-0.15, -0.1) is 0 Å². The number of piperidine rings is 1. The van der Waals surface area contributed by atoms with Crippen LogP contribution in [0, 0.1) is 0 Å². The van der Waals surface area contributed by atoms with Gasteiger partial charge in [-0.25, -0.2) is 4.79 Å². The molecular weight excluding hydrogens is 352 g/mol. The average Bonchev–Trinajstić information content (AvgIpc) is 3.09. The maximum atomic E-state index is 12.6. The highest BCUT2D eigenvalue weighted by atomic mass is 32.2. The van der Waals surface area contributed by atoms with Crippen LogP contribution in [0.1, 0.15) is 40.7 Å². The maximum absolute atomic E-state index is 12.6. The fourth-order valence-electron chi connectivity index (χ4n) is 2.81. The van der Waals surface area contributed by atoms with E-state index in [2.05, 4.69) is 0 Å². The molecule has 6 nitrogen and oxygen atoms in total. The van der Waals surface area contributed by atoms with Crippen LogP contribution in [-0.2, 0) is 4.74 Å². The highest BCUT2D eigenvalue weighted by Gasteiger charge is 2.30. The number of likely N-dealkylation sites (tertiary alicyclic amines) is 1. The van der Waals surface area contributed by atoms with Crippen LogP contribution in [0.5, 0.6) is 0 Å². The van der Waals surface area contributed by atoms with E-state index in [1.165, 1.54) is 18.9 Å². The van der Waals surface area contributed by atoms with Crippen LogP contribution in [0.3, 0.4) is 0 Å². The summed E-state index contributed by atoms with van der Waals surface area (Å²) >= 11 is 1.28. The van der Waals surface area contributed by atoms with Crippen molar-refractivity contribution in [2.45, 2.75) is 35.3 Å². The number of carbonyl (C=O) groups is 2. The first-order valence-corrected chi connectivity index (χ1v) is 9.24. The smallest absolute Gasteiger partial charge is 0.339 e. The molecule has 1 saturated heterocycles. The Morgan fingerprint density at radius 1 is 1.19 bits per heavy atom. The normalized spacial score (nSPS) is 16.3. The molecule has 2 aromatic rings. The first kappa shape index (κ1) is 18.5. The number of esters is 1. The number of furan rings is 1. The number of ether oxygens (including phenoxy) is 1. The summed E-state index contributed by atoms with van der Waals surface area (Å²) in [7, 11) is 1.35. The van der Waals surface area contributed by atoms with E-state index >= 15 is 0 Å². The molecule has 0 saturated carbocycles. The van der Waals surface area contributed by atoms with E-state index in [4.69, 9.17) is 14.9 Å². The Hall–Kier alpha value is -2.25. The summed E-state index contributed by atoms with van der Waals surface area (Å²) in [5.74, 6) is -0.244. The van der Waals surface area contributed by atoms with Crippen LogP contribution >= 0.6 is 11.8 Å². The van der Waals surface area contributed by atoms with Gasteiger partial charge in [0, 0.05) is 23.5 Å². The largest absolute Gasteiger partial charge is 0.465 e. The summed E-state index contributed by atoms with van der Waals surface area (Å²) in [5.41, 5.74) is 6.37. The Labute approximate surface area is 156 Å². The fraction of sp³-hybridized carbons (Fsp3) is 0.368. The molecule has 0 aliphatic carbocycles. The molecule has 2 heterocycles. The third-order valence-electron chi connectivity index (χ3n) is 4.49. The van der Waals surface area contributed by atoms with Crippen LogP contribution in [-0.4, -0.2) is 42.5 Å². The number of nitrogens with two attached hydrogens (primary N) is 1. The molecule has 1 fully saturated rings. The van der Waals surface area contributed by atoms with Gasteiger partial charge in [0.1, 0.15) is 0 Å². The number of carbonyl (C=O) groups excluding carboxylic acids is 2. The molecule has 0 radical (unpaired) electrons. The Morgan fingerprint density at radius 3 is 2.58 bits per heavy atom. The Kier molecular flexibility index (Phi) is 5.38. The van der Waals surface area contributed by atoms with E-state index in [9.17, 15) is 9.59 Å². The van der Waals surface area contributed by atoms with Crippen LogP contribution < -0.4 is 5.73 Å². The van der Waals surface area contributed by atoms with Crippen molar-refractivity contribution in [3.05, 3.63) is 47.7 Å². The van der Waals surface area contributed by atoms with Gasteiger partial charge in [0.25, 0.3) is 5.91 Å². The molecule has 1 aliphatic rings. The van der Waals surface area contributed by atoms with Gasteiger partial charge in [-0.05, 0) is 44.0 Å². The van der Waals surface area contributed by atoms with Crippen molar-refractivity contribution < 1.29 is 18.7 Å². The minimum atomic E-state index is -0.408. The van der Waals surface area contributed by atoms with Gasteiger partial charge in [-0.2, -0.15) is 0 Å². The summed E-state index contributed by atoms with van der Waals surface area (Å²) in [6, 6.07) is 10.5. The lowest BCUT2D eigenvalue weighted by atomic mass is 9.91. The third-order valence-corrected chi connectivity index (χ3v) is 5.48. The van der Waals surface area contributed by atoms with E-state index in [0.29, 0.717) is 34.4 Å². The molecular formula is C19H22N2O4S. The molecule has 1 aromatic carbocycles. The summed E-state index contributed by atoms with van der Waals surface area (Å²) in [6.45, 7) is 3.26. The van der Waals surface area contributed by atoms with Crippen molar-refractivity contribution >= 4 is 23.6 Å². The second kappa shape index (κ2) is 7.55. The lowest BCUT2D eigenvalue weighted by Gasteiger charge is -2.36. The van der Waals surface area contributed by atoms with E-state index in [1.54, 1.807) is 29.2 Å². The summed E-state index contributed by atoms with van der Waals surface area (Å²) in [5, 5.41) is 0.547. The van der Waals surface area contributed by atoms with Gasteiger partial charge >= 0.3 is 5.97 Å². The second-order valence-electron chi connectivity index (χ2n) is 6.65. The van der Waals surface area contributed by atoms with Crippen molar-refractivity contribution in [1.82, 2.24) is 4.90 Å². The monoisotopic (exact) mass is 374 g/mol. The van der Waals surface area contributed by atoms with Crippen molar-refractivity contribution in [1.29, 1.82) is 0 Å². The SMILES string of the molecule is COC(=O)c1ccccc1Sc1ccc(C(=O)N2CCC(C)(N)CC2)o1. The molecule has 0 unspecified atom stereocenters. The molecule has 2 N–H and O–H groups in total. The zero-order chi connectivity index (χ0) is 18.7. The lowest BCUT2D eigenvalue weighted by molar-refractivity contribution is 0.0595. The second-order valence-corrected chi connectivity index (χ2v) is 7.70. The summed E-state index contributed by atoms with van der Waals surface area (Å²) in [4.78, 5) is 26.9. The van der Waals surface area contributed by atoms with Crippen LogP contribution in [0.15, 0.2) is 50.8 Å². The maximum Gasteiger partial charge on any atom is 0.339 e. The number of benzene rings is 1. The first-order chi connectivity index (χ1) is 12.4. The highest BCUT2D eigenvalue weighted by molar-refractivity contribution is 7.99. The molecule has 7 heteroatoms. The Balaban J connectivity index is 1.71. The molecule has 3 rings (SSSR count). The van der Waals surface area contributed by atoms with Crippen molar-refractivity contribution in [2.75, 3.05) is 20.2 Å². The van der Waals surface area contributed by atoms with Gasteiger partial charge < -0.3 is 19.8 Å². The molecule has 1 aliphatic heterocycles. The van der Waals surface area contributed by atoms with Gasteiger partial charge in [0.2, 0.25) is 0 Å². The minimum absolute atomic E-state index is 0.131. The number of rotatable bonds is 4. The molecule has 26 heavy (non-hydrogen) atoms. The first-order valence-electron chi connectivity index (χ1n) is 8.43. The molecule has 1 amide bonds. The quantitative estimate of drug-likeness (QED) is 0.828. The predicted molar refractivity (Wildman–Crippen MR) is 98.3 cm³/mol. The van der Waals surface area contributed by atoms with Crippen molar-refractivity contribution in [2.24, 2.45) is 5.73 Å². The molecule has 0 bridgehead atoms. The van der Waals surface area contributed by atoms with Crippen molar-refractivity contribution in [3.8, 4) is 0 Å². The number of hydrogen-bond acceptors (Lipinski definition) is 6. The Morgan fingerprint density at radius 2 is 1.88 bits per heavy atom. The van der Waals surface area contributed by atoms with Gasteiger partial charge in [-0.1, -0.05) is 23.9 Å². The summed E-state index contributed by atoms with van der Waals surface area (Å²) < 4.78 is 10.5. The van der Waals surface area contributed by atoms with Crippen LogP contribution in [0.25, 0.3) is 0 Å². The molecule has 0 spiro atoms. The number of amides is 1. The van der Waals surface area contributed by atoms with E-state index in [0.717, 1.165) is 12.8 Å². The van der Waals surface area contributed by atoms with Gasteiger partial charge in [0.15, 0.2) is 10.9 Å². The van der Waals surface area contributed by atoms with E-state index in [-0.39, 0.29) is 11.4 Å². The van der Waals surface area contributed by atoms with Gasteiger partial charge in [-0.3, -0.25) is 4.79 Å².